The Kier molecular flexibility index (Phi) is 4.42. The zero-order valence-electron chi connectivity index (χ0n) is 9.49. The fourth-order valence-corrected chi connectivity index (χ4v) is 2.21. The van der Waals surface area contributed by atoms with Crippen molar-refractivity contribution in [3.63, 3.8) is 0 Å². The van der Waals surface area contributed by atoms with Gasteiger partial charge in [-0.2, -0.15) is 0 Å². The molecule has 1 aliphatic carbocycles. The van der Waals surface area contributed by atoms with Gasteiger partial charge in [-0.05, 0) is 19.3 Å². The molecule has 1 aliphatic rings. The van der Waals surface area contributed by atoms with Gasteiger partial charge in [0.15, 0.2) is 5.78 Å². The summed E-state index contributed by atoms with van der Waals surface area (Å²) in [7, 11) is 3.08. The van der Waals surface area contributed by atoms with E-state index in [0.29, 0.717) is 12.8 Å². The van der Waals surface area contributed by atoms with E-state index in [1.54, 1.807) is 14.0 Å². The molecular formula is C11H18O4. The van der Waals surface area contributed by atoms with E-state index in [1.165, 1.54) is 7.11 Å². The zero-order valence-corrected chi connectivity index (χ0v) is 9.49. The topological polar surface area (TPSA) is 52.6 Å². The van der Waals surface area contributed by atoms with Gasteiger partial charge in [-0.3, -0.25) is 4.79 Å². The van der Waals surface area contributed by atoms with Gasteiger partial charge in [0.25, 0.3) is 0 Å². The first-order chi connectivity index (χ1) is 7.08. The summed E-state index contributed by atoms with van der Waals surface area (Å²) in [5, 5.41) is 0. The highest BCUT2D eigenvalue weighted by Crippen LogP contribution is 2.28. The van der Waals surface area contributed by atoms with E-state index in [9.17, 15) is 9.59 Å². The molecule has 15 heavy (non-hydrogen) atoms. The summed E-state index contributed by atoms with van der Waals surface area (Å²) in [6.45, 7) is 1.55. The molecule has 1 rings (SSSR count). The largest absolute Gasteiger partial charge is 0.378 e. The SMILES string of the molecule is COC1CC(CC(C)=O)CC(=O)C1OC. The highest BCUT2D eigenvalue weighted by atomic mass is 16.5. The summed E-state index contributed by atoms with van der Waals surface area (Å²) >= 11 is 0. The molecule has 1 saturated carbocycles. The maximum atomic E-state index is 11.7. The molecule has 0 heterocycles. The van der Waals surface area contributed by atoms with Crippen LogP contribution >= 0.6 is 0 Å². The Morgan fingerprint density at radius 1 is 1.40 bits per heavy atom. The number of carbonyl (C=O) groups is 2. The van der Waals surface area contributed by atoms with Gasteiger partial charge in [-0.15, -0.1) is 0 Å². The molecular weight excluding hydrogens is 196 g/mol. The van der Waals surface area contributed by atoms with Crippen molar-refractivity contribution in [2.75, 3.05) is 14.2 Å². The van der Waals surface area contributed by atoms with Crippen molar-refractivity contribution in [2.24, 2.45) is 5.92 Å². The molecule has 86 valence electrons. The first-order valence-corrected chi connectivity index (χ1v) is 5.16. The van der Waals surface area contributed by atoms with Gasteiger partial charge in [-0.25, -0.2) is 0 Å². The Labute approximate surface area is 89.9 Å². The molecule has 0 aromatic carbocycles. The minimum atomic E-state index is -0.460. The van der Waals surface area contributed by atoms with E-state index in [-0.39, 0.29) is 23.6 Å². The second-order valence-corrected chi connectivity index (χ2v) is 4.11. The van der Waals surface area contributed by atoms with Crippen LogP contribution in [0.3, 0.4) is 0 Å². The first-order valence-electron chi connectivity index (χ1n) is 5.16. The standard InChI is InChI=1S/C11H18O4/c1-7(12)4-8-5-9(13)11(15-3)10(6-8)14-2/h8,10-11H,4-6H2,1-3H3. The summed E-state index contributed by atoms with van der Waals surface area (Å²) < 4.78 is 10.3. The summed E-state index contributed by atoms with van der Waals surface area (Å²) in [5.74, 6) is 0.284. The van der Waals surface area contributed by atoms with Crippen LogP contribution in [0.4, 0.5) is 0 Å². The molecule has 0 N–H and O–H groups in total. The van der Waals surface area contributed by atoms with E-state index < -0.39 is 6.10 Å². The highest BCUT2D eigenvalue weighted by molar-refractivity contribution is 5.85. The second kappa shape index (κ2) is 5.37. The van der Waals surface area contributed by atoms with Gasteiger partial charge in [0, 0.05) is 27.1 Å². The fraction of sp³-hybridized carbons (Fsp3) is 0.818. The molecule has 0 aromatic rings. The monoisotopic (exact) mass is 214 g/mol. The van der Waals surface area contributed by atoms with Crippen molar-refractivity contribution >= 4 is 11.6 Å². The predicted molar refractivity (Wildman–Crippen MR) is 54.6 cm³/mol. The van der Waals surface area contributed by atoms with Crippen LogP contribution in [0.2, 0.25) is 0 Å². The quantitative estimate of drug-likeness (QED) is 0.700. The number of ketones is 2. The number of ether oxygens (including phenoxy) is 2. The number of hydrogen-bond acceptors (Lipinski definition) is 4. The number of carbonyl (C=O) groups excluding carboxylic acids is 2. The molecule has 0 aromatic heterocycles. The van der Waals surface area contributed by atoms with Gasteiger partial charge in [0.05, 0.1) is 6.10 Å². The lowest BCUT2D eigenvalue weighted by Gasteiger charge is -2.32. The lowest BCUT2D eigenvalue weighted by molar-refractivity contribution is -0.145. The van der Waals surface area contributed by atoms with Crippen molar-refractivity contribution in [1.29, 1.82) is 0 Å². The molecule has 0 radical (unpaired) electrons. The number of methoxy groups -OCH3 is 2. The Morgan fingerprint density at radius 3 is 2.53 bits per heavy atom. The van der Waals surface area contributed by atoms with Crippen LogP contribution in [0.15, 0.2) is 0 Å². The van der Waals surface area contributed by atoms with Crippen LogP contribution < -0.4 is 0 Å². The third-order valence-corrected chi connectivity index (χ3v) is 2.84. The molecule has 0 spiro atoms. The average molecular weight is 214 g/mol. The Bertz CT molecular complexity index is 249. The van der Waals surface area contributed by atoms with Gasteiger partial charge < -0.3 is 14.3 Å². The zero-order chi connectivity index (χ0) is 11.4. The summed E-state index contributed by atoms with van der Waals surface area (Å²) in [5.41, 5.74) is 0. The van der Waals surface area contributed by atoms with Crippen LogP contribution in [0, 0.1) is 5.92 Å². The Hall–Kier alpha value is -0.740. The van der Waals surface area contributed by atoms with Crippen LogP contribution in [-0.4, -0.2) is 38.0 Å². The first kappa shape index (κ1) is 12.3. The molecule has 0 bridgehead atoms. The maximum absolute atomic E-state index is 11.7. The smallest absolute Gasteiger partial charge is 0.164 e. The Morgan fingerprint density at radius 2 is 2.07 bits per heavy atom. The molecule has 0 amide bonds. The van der Waals surface area contributed by atoms with Gasteiger partial charge >= 0.3 is 0 Å². The number of hydrogen-bond donors (Lipinski definition) is 0. The summed E-state index contributed by atoms with van der Waals surface area (Å²) in [6.07, 6.45) is 0.944. The van der Waals surface area contributed by atoms with Crippen LogP contribution in [0.1, 0.15) is 26.2 Å². The van der Waals surface area contributed by atoms with Gasteiger partial charge in [-0.1, -0.05) is 0 Å². The molecule has 0 saturated heterocycles. The maximum Gasteiger partial charge on any atom is 0.164 e. The minimum Gasteiger partial charge on any atom is -0.378 e. The molecule has 3 atom stereocenters. The second-order valence-electron chi connectivity index (χ2n) is 4.11. The van der Waals surface area contributed by atoms with Gasteiger partial charge in [0.2, 0.25) is 0 Å². The van der Waals surface area contributed by atoms with E-state index in [0.717, 1.165) is 6.42 Å². The van der Waals surface area contributed by atoms with Crippen LogP contribution in [-0.2, 0) is 19.1 Å². The minimum absolute atomic E-state index is 0.0434. The highest BCUT2D eigenvalue weighted by Gasteiger charge is 2.37. The normalized spacial score (nSPS) is 31.7. The van der Waals surface area contributed by atoms with E-state index in [2.05, 4.69) is 0 Å². The van der Waals surface area contributed by atoms with E-state index in [1.807, 2.05) is 0 Å². The third-order valence-electron chi connectivity index (χ3n) is 2.84. The molecule has 1 fully saturated rings. The molecule has 0 aliphatic heterocycles. The lowest BCUT2D eigenvalue weighted by atomic mass is 9.81. The predicted octanol–water partition coefficient (Wildman–Crippen LogP) is 0.975. The lowest BCUT2D eigenvalue weighted by Crippen LogP contribution is -2.44. The van der Waals surface area contributed by atoms with Crippen molar-refractivity contribution in [1.82, 2.24) is 0 Å². The van der Waals surface area contributed by atoms with Crippen molar-refractivity contribution in [3.8, 4) is 0 Å². The van der Waals surface area contributed by atoms with Crippen molar-refractivity contribution in [2.45, 2.75) is 38.4 Å². The molecule has 3 unspecified atom stereocenters. The van der Waals surface area contributed by atoms with Crippen LogP contribution in [0.5, 0.6) is 0 Å². The molecule has 4 heteroatoms. The van der Waals surface area contributed by atoms with Crippen LogP contribution in [0.25, 0.3) is 0 Å². The Balaban J connectivity index is 2.62. The fourth-order valence-electron chi connectivity index (χ4n) is 2.21. The average Bonchev–Trinajstić information content (AvgIpc) is 2.15. The molecule has 4 nitrogen and oxygen atoms in total. The number of rotatable bonds is 4. The van der Waals surface area contributed by atoms with Crippen molar-refractivity contribution in [3.05, 3.63) is 0 Å². The third kappa shape index (κ3) is 3.11. The van der Waals surface area contributed by atoms with Gasteiger partial charge in [0.1, 0.15) is 11.9 Å². The number of Topliss-reactive ketones (excluding diaryl/α,β-unsaturated/α-hetero) is 2. The summed E-state index contributed by atoms with van der Waals surface area (Å²) in [4.78, 5) is 22.7. The van der Waals surface area contributed by atoms with E-state index >= 15 is 0 Å². The summed E-state index contributed by atoms with van der Waals surface area (Å²) in [6, 6.07) is 0. The van der Waals surface area contributed by atoms with E-state index in [4.69, 9.17) is 9.47 Å². The van der Waals surface area contributed by atoms with Crippen molar-refractivity contribution < 1.29 is 19.1 Å².